The molecule has 6 heteroatoms. The molecule has 0 aromatic heterocycles. The molecule has 1 aliphatic heterocycles. The third-order valence-electron chi connectivity index (χ3n) is 3.20. The van der Waals surface area contributed by atoms with Crippen molar-refractivity contribution in [2.24, 2.45) is 0 Å². The average Bonchev–Trinajstić information content (AvgIpc) is 2.85. The minimum absolute atomic E-state index is 0.0210. The Labute approximate surface area is 139 Å². The Balaban J connectivity index is 1.99. The molecule has 0 spiro atoms. The van der Waals surface area contributed by atoms with Gasteiger partial charge in [0.25, 0.3) is 0 Å². The Kier molecular flexibility index (Phi) is 4.24. The Hall–Kier alpha value is -1.04. The SMILES string of the molecule is O=C1CSC(c2ccc(F)cc2)N1c1ccc(Br)c(Cl)c1. The zero-order valence-electron chi connectivity index (χ0n) is 10.7. The molecule has 2 aromatic rings. The van der Waals surface area contributed by atoms with E-state index >= 15 is 0 Å². The van der Waals surface area contributed by atoms with E-state index in [0.29, 0.717) is 10.8 Å². The number of carbonyl (C=O) groups is 1. The smallest absolute Gasteiger partial charge is 0.238 e. The summed E-state index contributed by atoms with van der Waals surface area (Å²) in [6.45, 7) is 0. The Morgan fingerprint density at radius 2 is 1.95 bits per heavy atom. The van der Waals surface area contributed by atoms with Crippen molar-refractivity contribution in [2.45, 2.75) is 5.37 Å². The summed E-state index contributed by atoms with van der Waals surface area (Å²) in [6, 6.07) is 11.6. The number of hydrogen-bond acceptors (Lipinski definition) is 2. The summed E-state index contributed by atoms with van der Waals surface area (Å²) in [4.78, 5) is 13.9. The highest BCUT2D eigenvalue weighted by molar-refractivity contribution is 9.10. The highest BCUT2D eigenvalue weighted by atomic mass is 79.9. The minimum Gasteiger partial charge on any atom is -0.295 e. The lowest BCUT2D eigenvalue weighted by Crippen LogP contribution is -2.27. The van der Waals surface area contributed by atoms with Gasteiger partial charge in [-0.1, -0.05) is 23.7 Å². The van der Waals surface area contributed by atoms with Gasteiger partial charge in [0, 0.05) is 10.2 Å². The molecule has 1 atom stereocenters. The number of thioether (sulfide) groups is 1. The second-order valence-electron chi connectivity index (χ2n) is 4.58. The van der Waals surface area contributed by atoms with Crippen molar-refractivity contribution in [1.82, 2.24) is 0 Å². The molecule has 1 aliphatic rings. The second-order valence-corrected chi connectivity index (χ2v) is 6.91. The van der Waals surface area contributed by atoms with E-state index in [1.54, 1.807) is 23.1 Å². The molecule has 21 heavy (non-hydrogen) atoms. The molecule has 1 heterocycles. The van der Waals surface area contributed by atoms with Crippen molar-refractivity contribution < 1.29 is 9.18 Å². The van der Waals surface area contributed by atoms with Crippen LogP contribution in [0.2, 0.25) is 5.02 Å². The van der Waals surface area contributed by atoms with Crippen LogP contribution in [0.25, 0.3) is 0 Å². The Morgan fingerprint density at radius 1 is 1.24 bits per heavy atom. The van der Waals surface area contributed by atoms with Crippen LogP contribution >= 0.6 is 39.3 Å². The van der Waals surface area contributed by atoms with E-state index in [1.165, 1.54) is 23.9 Å². The summed E-state index contributed by atoms with van der Waals surface area (Å²) >= 11 is 11.0. The highest BCUT2D eigenvalue weighted by Gasteiger charge is 2.34. The van der Waals surface area contributed by atoms with Crippen LogP contribution in [-0.2, 0) is 4.79 Å². The maximum atomic E-state index is 13.1. The van der Waals surface area contributed by atoms with Crippen molar-refractivity contribution >= 4 is 50.9 Å². The number of hydrogen-bond donors (Lipinski definition) is 0. The van der Waals surface area contributed by atoms with Crippen LogP contribution in [-0.4, -0.2) is 11.7 Å². The first-order valence-electron chi connectivity index (χ1n) is 6.20. The van der Waals surface area contributed by atoms with E-state index in [2.05, 4.69) is 15.9 Å². The van der Waals surface area contributed by atoms with Gasteiger partial charge in [0.05, 0.1) is 10.8 Å². The van der Waals surface area contributed by atoms with Gasteiger partial charge in [-0.25, -0.2) is 4.39 Å². The number of carbonyl (C=O) groups excluding carboxylic acids is 1. The molecule has 1 saturated heterocycles. The number of rotatable bonds is 2. The Bertz CT molecular complexity index is 695. The fraction of sp³-hybridized carbons (Fsp3) is 0.133. The molecule has 108 valence electrons. The molecule has 0 radical (unpaired) electrons. The molecular formula is C15H10BrClFNOS. The van der Waals surface area contributed by atoms with Crippen molar-refractivity contribution in [1.29, 1.82) is 0 Å². The zero-order chi connectivity index (χ0) is 15.0. The molecule has 2 aromatic carbocycles. The molecule has 1 amide bonds. The van der Waals surface area contributed by atoms with Gasteiger partial charge in [0.2, 0.25) is 5.91 Å². The Morgan fingerprint density at radius 3 is 2.62 bits per heavy atom. The lowest BCUT2D eigenvalue weighted by atomic mass is 10.2. The van der Waals surface area contributed by atoms with E-state index < -0.39 is 0 Å². The number of halogens is 3. The number of amides is 1. The number of nitrogens with zero attached hydrogens (tertiary/aromatic N) is 1. The molecule has 1 unspecified atom stereocenters. The van der Waals surface area contributed by atoms with Gasteiger partial charge in [-0.2, -0.15) is 0 Å². The molecule has 3 rings (SSSR count). The van der Waals surface area contributed by atoms with Gasteiger partial charge in [0.15, 0.2) is 0 Å². The van der Waals surface area contributed by atoms with E-state index in [0.717, 1.165) is 15.7 Å². The fourth-order valence-electron chi connectivity index (χ4n) is 2.21. The van der Waals surface area contributed by atoms with E-state index in [1.807, 2.05) is 12.1 Å². The zero-order valence-corrected chi connectivity index (χ0v) is 13.9. The van der Waals surface area contributed by atoms with Gasteiger partial charge in [-0.15, -0.1) is 11.8 Å². The summed E-state index contributed by atoms with van der Waals surface area (Å²) in [5.41, 5.74) is 1.64. The summed E-state index contributed by atoms with van der Waals surface area (Å²) in [5, 5.41) is 0.394. The van der Waals surface area contributed by atoms with Crippen molar-refractivity contribution in [3.05, 3.63) is 63.3 Å². The van der Waals surface area contributed by atoms with Crippen molar-refractivity contribution in [2.75, 3.05) is 10.7 Å². The van der Waals surface area contributed by atoms with Crippen LogP contribution in [0, 0.1) is 5.82 Å². The fourth-order valence-corrected chi connectivity index (χ4v) is 3.81. The quantitative estimate of drug-likeness (QED) is 0.722. The van der Waals surface area contributed by atoms with E-state index in [-0.39, 0.29) is 17.1 Å². The predicted molar refractivity (Wildman–Crippen MR) is 88.2 cm³/mol. The number of anilines is 1. The van der Waals surface area contributed by atoms with E-state index in [4.69, 9.17) is 11.6 Å². The maximum absolute atomic E-state index is 13.1. The standard InChI is InChI=1S/C15H10BrClFNOS/c16-12-6-5-11(7-13(12)17)19-14(20)8-21-15(19)9-1-3-10(18)4-2-9/h1-7,15H,8H2. The number of benzene rings is 2. The van der Waals surface area contributed by atoms with Crippen LogP contribution < -0.4 is 4.90 Å². The van der Waals surface area contributed by atoms with Crippen LogP contribution in [0.4, 0.5) is 10.1 Å². The minimum atomic E-state index is -0.286. The summed E-state index contributed by atoms with van der Waals surface area (Å²) in [6.07, 6.45) is 0. The predicted octanol–water partition coefficient (Wildman–Crippen LogP) is 5.02. The average molecular weight is 387 g/mol. The largest absolute Gasteiger partial charge is 0.295 e. The molecular weight excluding hydrogens is 377 g/mol. The van der Waals surface area contributed by atoms with Crippen molar-refractivity contribution in [3.63, 3.8) is 0 Å². The van der Waals surface area contributed by atoms with Gasteiger partial charge >= 0.3 is 0 Å². The highest BCUT2D eigenvalue weighted by Crippen LogP contribution is 2.42. The molecule has 0 saturated carbocycles. The summed E-state index contributed by atoms with van der Waals surface area (Å²) < 4.78 is 13.8. The van der Waals surface area contributed by atoms with Crippen LogP contribution in [0.1, 0.15) is 10.9 Å². The van der Waals surface area contributed by atoms with Crippen molar-refractivity contribution in [3.8, 4) is 0 Å². The van der Waals surface area contributed by atoms with Gasteiger partial charge < -0.3 is 0 Å². The molecule has 2 nitrogen and oxygen atoms in total. The lowest BCUT2D eigenvalue weighted by molar-refractivity contribution is -0.115. The van der Waals surface area contributed by atoms with Gasteiger partial charge in [-0.05, 0) is 51.8 Å². The molecule has 0 aliphatic carbocycles. The lowest BCUT2D eigenvalue weighted by Gasteiger charge is -2.24. The first kappa shape index (κ1) is 14.9. The summed E-state index contributed by atoms with van der Waals surface area (Å²) in [5.74, 6) is 0.134. The summed E-state index contributed by atoms with van der Waals surface area (Å²) in [7, 11) is 0. The normalized spacial score (nSPS) is 18.3. The molecule has 0 bridgehead atoms. The second kappa shape index (κ2) is 5.99. The maximum Gasteiger partial charge on any atom is 0.238 e. The van der Waals surface area contributed by atoms with Gasteiger partial charge in [-0.3, -0.25) is 9.69 Å². The third kappa shape index (κ3) is 2.96. The van der Waals surface area contributed by atoms with Crippen LogP contribution in [0.5, 0.6) is 0 Å². The monoisotopic (exact) mass is 385 g/mol. The van der Waals surface area contributed by atoms with Crippen LogP contribution in [0.15, 0.2) is 46.9 Å². The molecule has 0 N–H and O–H groups in total. The first-order chi connectivity index (χ1) is 10.1. The van der Waals surface area contributed by atoms with E-state index in [9.17, 15) is 9.18 Å². The molecule has 1 fully saturated rings. The topological polar surface area (TPSA) is 20.3 Å². The third-order valence-corrected chi connectivity index (χ3v) is 5.65. The van der Waals surface area contributed by atoms with Crippen LogP contribution in [0.3, 0.4) is 0 Å². The van der Waals surface area contributed by atoms with Gasteiger partial charge in [0.1, 0.15) is 11.2 Å². The first-order valence-corrected chi connectivity index (χ1v) is 8.42.